The average molecular weight is 974 g/mol. The van der Waals surface area contributed by atoms with Crippen LogP contribution in [0.1, 0.15) is 75.5 Å². The number of amides is 2. The molecule has 1 fully saturated rings. The van der Waals surface area contributed by atoms with Crippen LogP contribution in [0.25, 0.3) is 0 Å². The number of likely N-dealkylation sites (tertiary alicyclic amines) is 1. The first-order chi connectivity index (χ1) is 24.9. The number of hydrogen-bond acceptors (Lipinski definition) is 9. The number of sulfonamides is 1. The number of ether oxygens (including phenoxy) is 1. The molecule has 4 aromatic rings. The fourth-order valence-corrected chi connectivity index (χ4v) is 14.8. The van der Waals surface area contributed by atoms with Crippen molar-refractivity contribution >= 4 is 33.2 Å². The molecule has 5 rings (SSSR count). The van der Waals surface area contributed by atoms with Crippen LogP contribution in [0, 0.1) is 19.8 Å². The third-order valence-electron chi connectivity index (χ3n) is 8.47. The first kappa shape index (κ1) is 40.5. The van der Waals surface area contributed by atoms with Crippen LogP contribution in [0.15, 0.2) is 77.0 Å². The summed E-state index contributed by atoms with van der Waals surface area (Å²) in [5.74, 6) is -0.0637. The maximum absolute atomic E-state index is 14.1. The monoisotopic (exact) mass is 973 g/mol. The van der Waals surface area contributed by atoms with Crippen molar-refractivity contribution in [2.45, 2.75) is 63.9 Å². The summed E-state index contributed by atoms with van der Waals surface area (Å²) in [4.78, 5) is 39.1. The molecule has 1 aliphatic heterocycles. The SMILES string of the molecule is COc1ccc(S(=O)(=O)N(CC(C)C)CC([I-]O)C(NC(=O)c2cc(C)nc(C(=O)N3CCCC3c3nc(C)cs3)c2)[I-]Cc2ccccc2)cc1. The van der Waals surface area contributed by atoms with Crippen molar-refractivity contribution in [3.63, 3.8) is 0 Å². The van der Waals surface area contributed by atoms with E-state index in [9.17, 15) is 21.4 Å². The minimum absolute atomic E-state index is 0.0169. The first-order valence-electron chi connectivity index (χ1n) is 16.9. The molecule has 1 aliphatic rings. The molecular weight excluding hydrogens is 928 g/mol. The molecule has 2 amide bonds. The Morgan fingerprint density at radius 2 is 1.79 bits per heavy atom. The van der Waals surface area contributed by atoms with Gasteiger partial charge in [-0.25, -0.2) is 0 Å². The molecule has 2 aromatic carbocycles. The number of methoxy groups -OCH3 is 1. The van der Waals surface area contributed by atoms with Crippen molar-refractivity contribution in [3.8, 4) is 5.75 Å². The molecular formula is C37H45I2N5O6S2-2. The van der Waals surface area contributed by atoms with Crippen LogP contribution in [-0.2, 0) is 14.5 Å². The fourth-order valence-electron chi connectivity index (χ4n) is 5.96. The minimum atomic E-state index is -3.93. The zero-order valence-corrected chi connectivity index (χ0v) is 35.8. The average Bonchev–Trinajstić information content (AvgIpc) is 3.80. The molecule has 3 unspecified atom stereocenters. The van der Waals surface area contributed by atoms with Crippen LogP contribution < -0.4 is 52.9 Å². The number of aryl methyl sites for hydroxylation is 2. The van der Waals surface area contributed by atoms with Crippen molar-refractivity contribution in [1.82, 2.24) is 24.5 Å². The molecule has 1 saturated heterocycles. The van der Waals surface area contributed by atoms with Gasteiger partial charge >= 0.3 is 327 Å². The van der Waals surface area contributed by atoms with E-state index in [0.29, 0.717) is 28.0 Å². The van der Waals surface area contributed by atoms with E-state index in [1.165, 1.54) is 23.5 Å². The molecule has 3 heterocycles. The van der Waals surface area contributed by atoms with E-state index < -0.39 is 60.8 Å². The van der Waals surface area contributed by atoms with E-state index in [1.54, 1.807) is 47.4 Å². The van der Waals surface area contributed by atoms with Crippen LogP contribution in [0.2, 0.25) is 0 Å². The van der Waals surface area contributed by atoms with Gasteiger partial charge in [-0.05, 0) is 6.92 Å². The molecule has 3 atom stereocenters. The van der Waals surface area contributed by atoms with E-state index >= 15 is 0 Å². The number of aromatic nitrogens is 2. The molecule has 0 saturated carbocycles. The topological polar surface area (TPSA) is 142 Å². The number of benzene rings is 2. The predicted octanol–water partition coefficient (Wildman–Crippen LogP) is -0.802. The van der Waals surface area contributed by atoms with Gasteiger partial charge in [0.2, 0.25) is 0 Å². The Kier molecular flexibility index (Phi) is 14.4. The summed E-state index contributed by atoms with van der Waals surface area (Å²) in [6.07, 6.45) is 1.67. The molecule has 2 aromatic heterocycles. The van der Waals surface area contributed by atoms with Crippen molar-refractivity contribution in [1.29, 1.82) is 0 Å². The number of nitrogens with zero attached hydrogens (tertiary/aromatic N) is 4. The Bertz CT molecular complexity index is 1930. The van der Waals surface area contributed by atoms with Crippen LogP contribution in [-0.4, -0.2) is 77.6 Å². The molecule has 52 heavy (non-hydrogen) atoms. The third kappa shape index (κ3) is 10.3. The van der Waals surface area contributed by atoms with E-state index in [4.69, 9.17) is 4.74 Å². The summed E-state index contributed by atoms with van der Waals surface area (Å²) in [5, 5.41) is 6.08. The van der Waals surface area contributed by atoms with E-state index in [1.807, 2.05) is 56.5 Å². The number of thiazole rings is 1. The molecule has 0 spiro atoms. The first-order valence-corrected chi connectivity index (χ1v) is 24.2. The van der Waals surface area contributed by atoms with Gasteiger partial charge in [-0.2, -0.15) is 0 Å². The quantitative estimate of drug-likeness (QED) is 0.0846. The van der Waals surface area contributed by atoms with Crippen molar-refractivity contribution in [2.24, 2.45) is 5.92 Å². The number of carbonyl (C=O) groups excluding carboxylic acids is 2. The second-order valence-corrected chi connectivity index (χ2v) is 21.0. The third-order valence-corrected chi connectivity index (χ3v) is 18.0. The van der Waals surface area contributed by atoms with Gasteiger partial charge in [0, 0.05) is 0 Å². The number of carbonyl (C=O) groups is 2. The summed E-state index contributed by atoms with van der Waals surface area (Å²) < 4.78 is 45.4. The van der Waals surface area contributed by atoms with Crippen molar-refractivity contribution < 1.29 is 69.0 Å². The number of rotatable bonds is 16. The van der Waals surface area contributed by atoms with Gasteiger partial charge in [0.15, 0.2) is 0 Å². The molecule has 282 valence electrons. The number of nitrogens with one attached hydrogen (secondary N) is 1. The van der Waals surface area contributed by atoms with Gasteiger partial charge in [-0.3, -0.25) is 0 Å². The van der Waals surface area contributed by atoms with Gasteiger partial charge in [0.05, 0.1) is 0 Å². The summed E-state index contributed by atoms with van der Waals surface area (Å²) in [7, 11) is -2.41. The van der Waals surface area contributed by atoms with Gasteiger partial charge < -0.3 is 0 Å². The molecule has 0 radical (unpaired) electrons. The van der Waals surface area contributed by atoms with Gasteiger partial charge in [-0.1, -0.05) is 0 Å². The number of hydrogen-bond donors (Lipinski definition) is 2. The zero-order valence-electron chi connectivity index (χ0n) is 29.8. The molecule has 0 aliphatic carbocycles. The van der Waals surface area contributed by atoms with E-state index in [-0.39, 0.29) is 47.5 Å². The Morgan fingerprint density at radius 1 is 1.06 bits per heavy atom. The number of pyridine rings is 1. The number of alkyl halides is 3. The molecule has 0 bridgehead atoms. The van der Waals surface area contributed by atoms with Gasteiger partial charge in [0.1, 0.15) is 0 Å². The summed E-state index contributed by atoms with van der Waals surface area (Å²) in [6.45, 7) is 8.49. The van der Waals surface area contributed by atoms with Gasteiger partial charge in [-0.15, -0.1) is 0 Å². The molecule has 11 nitrogen and oxygen atoms in total. The van der Waals surface area contributed by atoms with Crippen molar-refractivity contribution in [2.75, 3.05) is 26.7 Å². The summed E-state index contributed by atoms with van der Waals surface area (Å²) in [6, 6.07) is 19.3. The summed E-state index contributed by atoms with van der Waals surface area (Å²) >= 11 is -0.779. The Hall–Kier alpha value is -2.71. The fraction of sp³-hybridized carbons (Fsp3) is 0.405. The Labute approximate surface area is 331 Å². The van der Waals surface area contributed by atoms with Crippen molar-refractivity contribution in [3.05, 3.63) is 105 Å². The summed E-state index contributed by atoms with van der Waals surface area (Å²) in [5.41, 5.74) is 3.06. The molecule has 2 N–H and O–H groups in total. The predicted molar refractivity (Wildman–Crippen MR) is 193 cm³/mol. The molecule has 15 heteroatoms. The standard InChI is InChI=1S/C37H45I2N5O6S2/c1-24(2)21-43(52(48,49)30-15-13-29(50-5)14-16-30)22-31(39-47)34(38-20-27-10-7-6-8-11-27)42-35(45)28-18-25(3)40-32(19-28)37(46)44-17-9-12-33(44)36-41-26(4)23-51-36/h6-8,10-11,13-16,18-19,23-24,31,33-34,47H,9,12,17,20-22H2,1-5H3,(H,42,45)/q-2. The van der Waals surface area contributed by atoms with Crippen LogP contribution in [0.4, 0.5) is 0 Å². The van der Waals surface area contributed by atoms with Gasteiger partial charge in [0.25, 0.3) is 0 Å². The van der Waals surface area contributed by atoms with Crippen LogP contribution >= 0.6 is 11.3 Å². The second-order valence-electron chi connectivity index (χ2n) is 13.0. The number of halogens is 2. The maximum atomic E-state index is 14.1. The second kappa shape index (κ2) is 18.6. The Balaban J connectivity index is 1.41. The van der Waals surface area contributed by atoms with Crippen LogP contribution in [0.3, 0.4) is 0 Å². The Morgan fingerprint density at radius 3 is 2.42 bits per heavy atom. The van der Waals surface area contributed by atoms with E-state index in [0.717, 1.165) is 29.1 Å². The normalized spacial score (nSPS) is 16.1. The van der Waals surface area contributed by atoms with E-state index in [2.05, 4.69) is 15.3 Å². The van der Waals surface area contributed by atoms with Crippen LogP contribution in [0.5, 0.6) is 5.75 Å². The zero-order chi connectivity index (χ0) is 37.4.